The van der Waals surface area contributed by atoms with Crippen molar-refractivity contribution in [2.75, 3.05) is 20.6 Å². The number of nitrogens with two attached hydrogens (primary N) is 1. The number of primary amides is 1. The van der Waals surface area contributed by atoms with Crippen LogP contribution in [-0.4, -0.2) is 43.3 Å². The van der Waals surface area contributed by atoms with E-state index < -0.39 is 16.7 Å². The minimum Gasteiger partial charge on any atom is -0.366 e. The second-order valence-corrected chi connectivity index (χ2v) is 18.1. The average Bonchev–Trinajstić information content (AvgIpc) is 2.99. The third-order valence-corrected chi connectivity index (χ3v) is 11.3. The minimum absolute atomic E-state index is 0.0696. The van der Waals surface area contributed by atoms with E-state index in [1.165, 1.54) is 12.8 Å². The van der Waals surface area contributed by atoms with Crippen molar-refractivity contribution in [1.29, 1.82) is 5.26 Å². The van der Waals surface area contributed by atoms with Crippen LogP contribution in [0, 0.1) is 38.4 Å². The van der Waals surface area contributed by atoms with Crippen LogP contribution in [0.15, 0.2) is 46.6 Å². The first-order chi connectivity index (χ1) is 23.3. The number of allylic oxidation sites excluding steroid dienone is 2. The third-order valence-electron chi connectivity index (χ3n) is 11.3. The van der Waals surface area contributed by atoms with Gasteiger partial charge in [0.1, 0.15) is 0 Å². The van der Waals surface area contributed by atoms with Gasteiger partial charge in [-0.15, -0.1) is 0 Å². The molecule has 0 radical (unpaired) electrons. The molecule has 0 saturated carbocycles. The molecule has 0 spiro atoms. The maximum atomic E-state index is 14.6. The molecule has 3 aliphatic carbocycles. The molecule has 1 amide bonds. The molecule has 0 aliphatic heterocycles. The summed E-state index contributed by atoms with van der Waals surface area (Å²) in [4.78, 5) is 29.5. The van der Waals surface area contributed by atoms with E-state index >= 15 is 0 Å². The number of carbonyl (C=O) groups excluding carboxylic acids is 2. The SMILES string of the molecule is C=C1C(C(N)=O)=C(C)C(N(C)C)[C@]2(C)C[C@]3(C)Cc4c(CNCC(C)(C)C)ccc(C#N)c4C(=O)C3=C(C)[C@]12C.CC.CCC.CCC(C)(C)C. The van der Waals surface area contributed by atoms with Crippen molar-refractivity contribution in [1.82, 2.24) is 10.2 Å². The molecule has 0 saturated heterocycles. The van der Waals surface area contributed by atoms with Gasteiger partial charge in [0, 0.05) is 52.1 Å². The number of carbonyl (C=O) groups is 2. The maximum Gasteiger partial charge on any atom is 0.248 e. The molecule has 1 aromatic rings. The summed E-state index contributed by atoms with van der Waals surface area (Å²) in [5, 5.41) is 13.6. The van der Waals surface area contributed by atoms with Crippen LogP contribution in [0.25, 0.3) is 0 Å². The molecule has 1 unspecified atom stereocenters. The molecule has 3 N–H and O–H groups in total. The zero-order valence-corrected chi connectivity index (χ0v) is 36.0. The molecule has 286 valence electrons. The first-order valence-electron chi connectivity index (χ1n) is 19.2. The predicted octanol–water partition coefficient (Wildman–Crippen LogP) is 10.4. The van der Waals surface area contributed by atoms with E-state index in [2.05, 4.69) is 106 Å². The van der Waals surface area contributed by atoms with E-state index in [4.69, 9.17) is 5.73 Å². The molecule has 0 bridgehead atoms. The molecule has 3 aliphatic rings. The van der Waals surface area contributed by atoms with Gasteiger partial charge in [0.2, 0.25) is 5.91 Å². The molecule has 0 aromatic heterocycles. The lowest BCUT2D eigenvalue weighted by Crippen LogP contribution is -2.62. The Morgan fingerprint density at radius 2 is 1.55 bits per heavy atom. The monoisotopic (exact) mass is 703 g/mol. The van der Waals surface area contributed by atoms with E-state index in [-0.39, 0.29) is 22.7 Å². The highest BCUT2D eigenvalue weighted by Gasteiger charge is 2.64. The summed E-state index contributed by atoms with van der Waals surface area (Å²) in [6.45, 7) is 40.4. The zero-order chi connectivity index (χ0) is 40.1. The van der Waals surface area contributed by atoms with Gasteiger partial charge in [-0.1, -0.05) is 128 Å². The van der Waals surface area contributed by atoms with E-state index in [1.54, 1.807) is 6.07 Å². The van der Waals surface area contributed by atoms with Crippen LogP contribution < -0.4 is 11.1 Å². The minimum atomic E-state index is -0.674. The number of rotatable bonds is 5. The van der Waals surface area contributed by atoms with Crippen LogP contribution in [0.1, 0.15) is 157 Å². The highest BCUT2D eigenvalue weighted by Crippen LogP contribution is 2.69. The van der Waals surface area contributed by atoms with E-state index in [9.17, 15) is 14.9 Å². The Balaban J connectivity index is 0.00000104. The fourth-order valence-electron chi connectivity index (χ4n) is 8.64. The van der Waals surface area contributed by atoms with Crippen LogP contribution in [0.5, 0.6) is 0 Å². The lowest BCUT2D eigenvalue weighted by molar-refractivity contribution is -0.115. The van der Waals surface area contributed by atoms with Crippen molar-refractivity contribution in [3.05, 3.63) is 68.8 Å². The average molecular weight is 703 g/mol. The number of hydrogen-bond donors (Lipinski definition) is 2. The number of benzene rings is 1. The van der Waals surface area contributed by atoms with Crippen LogP contribution >= 0.6 is 0 Å². The molecule has 51 heavy (non-hydrogen) atoms. The van der Waals surface area contributed by atoms with Crippen molar-refractivity contribution in [3.63, 3.8) is 0 Å². The van der Waals surface area contributed by atoms with Crippen molar-refractivity contribution in [2.24, 2.45) is 32.8 Å². The van der Waals surface area contributed by atoms with Crippen LogP contribution in [0.4, 0.5) is 0 Å². The highest BCUT2D eigenvalue weighted by atomic mass is 16.1. The Bertz CT molecular complexity index is 1560. The molecule has 4 atom stereocenters. The van der Waals surface area contributed by atoms with Gasteiger partial charge < -0.3 is 16.0 Å². The van der Waals surface area contributed by atoms with Crippen LogP contribution in [0.2, 0.25) is 0 Å². The Morgan fingerprint density at radius 3 is 1.96 bits per heavy atom. The summed E-state index contributed by atoms with van der Waals surface area (Å²) in [5.41, 5.74) is 11.9. The number of hydrogen-bond acceptors (Lipinski definition) is 5. The molecule has 6 nitrogen and oxygen atoms in total. The van der Waals surface area contributed by atoms with E-state index in [0.717, 1.165) is 40.8 Å². The maximum absolute atomic E-state index is 14.6. The number of nitriles is 1. The Kier molecular flexibility index (Phi) is 15.5. The van der Waals surface area contributed by atoms with Gasteiger partial charge in [0.05, 0.1) is 11.6 Å². The first kappa shape index (κ1) is 46.0. The second-order valence-electron chi connectivity index (χ2n) is 18.1. The standard InChI is InChI=1S/C34H46N4O2.C6H14.C3H8.C2H6/c1-19-25(30(36)40)20(2)34(9)21(3)27-28(39)26-22(15-35)12-13-23(16-37-18-31(4,5)6)24(26)14-32(27,7)17-33(34,8)29(19)38(10)11;1-5-6(2,3)4;1-3-2;1-2/h12-13,29,37H,2,14,16-18H2,1,3-11H3,(H2,36,40);5H2,1-4H3;3H2,1-2H3;1-2H3/t29?,32-,33-,34-;;;/m0.../s1. The summed E-state index contributed by atoms with van der Waals surface area (Å²) in [6, 6.07) is 6.02. The molecule has 1 aromatic carbocycles. The number of nitrogens with zero attached hydrogens (tertiary/aromatic N) is 2. The number of amides is 1. The van der Waals surface area contributed by atoms with Gasteiger partial charge >= 0.3 is 0 Å². The van der Waals surface area contributed by atoms with Crippen LogP contribution in [-0.2, 0) is 17.8 Å². The van der Waals surface area contributed by atoms with E-state index in [1.807, 2.05) is 47.9 Å². The summed E-state index contributed by atoms with van der Waals surface area (Å²) < 4.78 is 0. The number of nitrogens with one attached hydrogen (secondary N) is 1. The van der Waals surface area contributed by atoms with Crippen LogP contribution in [0.3, 0.4) is 0 Å². The highest BCUT2D eigenvalue weighted by molar-refractivity contribution is 6.14. The third kappa shape index (κ3) is 9.14. The number of ketones is 1. The summed E-state index contributed by atoms with van der Waals surface area (Å²) in [7, 11) is 4.09. The van der Waals surface area contributed by atoms with Gasteiger partial charge in [0.25, 0.3) is 0 Å². The fraction of sp³-hybridized carbons (Fsp3) is 0.667. The van der Waals surface area contributed by atoms with Crippen molar-refractivity contribution in [2.45, 2.75) is 149 Å². The normalized spacial score (nSPS) is 25.6. The Morgan fingerprint density at radius 1 is 1.04 bits per heavy atom. The van der Waals surface area contributed by atoms with Crippen molar-refractivity contribution in [3.8, 4) is 6.07 Å². The van der Waals surface area contributed by atoms with Gasteiger partial charge in [-0.3, -0.25) is 9.59 Å². The summed E-state index contributed by atoms with van der Waals surface area (Å²) in [5.74, 6) is -0.553. The summed E-state index contributed by atoms with van der Waals surface area (Å²) in [6.07, 6.45) is 3.92. The molecule has 0 fully saturated rings. The first-order valence-corrected chi connectivity index (χ1v) is 19.2. The van der Waals surface area contributed by atoms with Gasteiger partial charge in [-0.25, -0.2) is 0 Å². The summed E-state index contributed by atoms with van der Waals surface area (Å²) >= 11 is 0. The predicted molar refractivity (Wildman–Crippen MR) is 218 cm³/mol. The van der Waals surface area contributed by atoms with Gasteiger partial charge in [0.15, 0.2) is 5.78 Å². The van der Waals surface area contributed by atoms with Crippen molar-refractivity contribution < 1.29 is 9.59 Å². The quantitative estimate of drug-likeness (QED) is 0.318. The molecular weight excluding hydrogens is 629 g/mol. The lowest BCUT2D eigenvalue weighted by Gasteiger charge is -2.64. The Hall–Kier alpha value is -3.01. The zero-order valence-electron chi connectivity index (χ0n) is 36.0. The van der Waals surface area contributed by atoms with Gasteiger partial charge in [-0.2, -0.15) is 5.26 Å². The van der Waals surface area contributed by atoms with Crippen molar-refractivity contribution >= 4 is 11.7 Å². The molecular formula is C45H74N4O2. The number of Topliss-reactive ketones (excluding diaryl/α,β-unsaturated/α-hetero) is 1. The molecule has 4 rings (SSSR count). The topological polar surface area (TPSA) is 99.2 Å². The Labute approximate surface area is 313 Å². The second kappa shape index (κ2) is 17.2. The molecule has 0 heterocycles. The smallest absolute Gasteiger partial charge is 0.248 e. The lowest BCUT2D eigenvalue weighted by atomic mass is 9.40. The fourth-order valence-corrected chi connectivity index (χ4v) is 8.64. The van der Waals surface area contributed by atoms with E-state index in [0.29, 0.717) is 40.7 Å². The molecule has 6 heteroatoms. The largest absolute Gasteiger partial charge is 0.366 e. The van der Waals surface area contributed by atoms with Gasteiger partial charge in [-0.05, 0) is 80.0 Å². The number of likely N-dealkylation sites (N-methyl/N-ethyl adjacent to an activating group) is 1. The number of fused-ring (bicyclic) bond motifs is 3.